The zero-order chi connectivity index (χ0) is 19.4. The lowest BCUT2D eigenvalue weighted by molar-refractivity contribution is -0.135. The van der Waals surface area contributed by atoms with E-state index < -0.39 is 0 Å². The van der Waals surface area contributed by atoms with Crippen LogP contribution in [0.5, 0.6) is 0 Å². The minimum atomic E-state index is -0.193. The third-order valence-corrected chi connectivity index (χ3v) is 5.53. The van der Waals surface area contributed by atoms with Crippen molar-refractivity contribution in [3.05, 3.63) is 71.3 Å². The summed E-state index contributed by atoms with van der Waals surface area (Å²) < 4.78 is 0. The van der Waals surface area contributed by atoms with E-state index in [1.54, 1.807) is 0 Å². The summed E-state index contributed by atoms with van der Waals surface area (Å²) in [6, 6.07) is 17.8. The maximum absolute atomic E-state index is 13.1. The lowest BCUT2D eigenvalue weighted by atomic mass is 9.88. The van der Waals surface area contributed by atoms with E-state index >= 15 is 0 Å². The summed E-state index contributed by atoms with van der Waals surface area (Å²) in [5, 5.41) is 0. The number of aryl methyl sites for hydroxylation is 1. The maximum atomic E-state index is 13.1. The average molecular weight is 364 g/mol. The minimum Gasteiger partial charge on any atom is -0.343 e. The Kier molecular flexibility index (Phi) is 5.94. The van der Waals surface area contributed by atoms with Crippen molar-refractivity contribution in [2.24, 2.45) is 5.92 Å². The number of amides is 2. The van der Waals surface area contributed by atoms with Gasteiger partial charge in [-0.2, -0.15) is 0 Å². The minimum absolute atomic E-state index is 0.00535. The number of nitrogens with zero attached hydrogens (tertiary/aromatic N) is 2. The summed E-state index contributed by atoms with van der Waals surface area (Å²) >= 11 is 0. The third kappa shape index (κ3) is 4.05. The standard InChI is InChI=1S/C23H28N2O2/c1-4-24(5-2)23(27)21-16-25(15-20(21)18-9-7-6-8-10-18)22(26)19-13-11-17(3)12-14-19/h6-14,20-21H,4-5,15-16H2,1-3H3. The summed E-state index contributed by atoms with van der Waals surface area (Å²) in [7, 11) is 0. The predicted molar refractivity (Wildman–Crippen MR) is 108 cm³/mol. The highest BCUT2D eigenvalue weighted by atomic mass is 16.2. The van der Waals surface area contributed by atoms with Crippen molar-refractivity contribution in [2.45, 2.75) is 26.7 Å². The van der Waals surface area contributed by atoms with Crippen LogP contribution in [0.1, 0.15) is 41.3 Å². The van der Waals surface area contributed by atoms with Gasteiger partial charge in [0.15, 0.2) is 0 Å². The summed E-state index contributed by atoms with van der Waals surface area (Å²) in [4.78, 5) is 29.9. The fourth-order valence-electron chi connectivity index (χ4n) is 3.91. The molecule has 1 fully saturated rings. The van der Waals surface area contributed by atoms with Gasteiger partial charge in [0, 0.05) is 37.7 Å². The molecule has 0 N–H and O–H groups in total. The second-order valence-electron chi connectivity index (χ2n) is 7.21. The molecule has 4 nitrogen and oxygen atoms in total. The van der Waals surface area contributed by atoms with Gasteiger partial charge in [0.2, 0.25) is 5.91 Å². The number of carbonyl (C=O) groups excluding carboxylic acids is 2. The van der Waals surface area contributed by atoms with Crippen molar-refractivity contribution in [1.82, 2.24) is 9.80 Å². The van der Waals surface area contributed by atoms with Gasteiger partial charge in [0.1, 0.15) is 0 Å². The topological polar surface area (TPSA) is 40.6 Å². The summed E-state index contributed by atoms with van der Waals surface area (Å²) in [5.41, 5.74) is 2.94. The first kappa shape index (κ1) is 19.2. The second-order valence-corrected chi connectivity index (χ2v) is 7.21. The fourth-order valence-corrected chi connectivity index (χ4v) is 3.91. The first-order valence-corrected chi connectivity index (χ1v) is 9.74. The maximum Gasteiger partial charge on any atom is 0.253 e. The zero-order valence-corrected chi connectivity index (χ0v) is 16.4. The molecule has 142 valence electrons. The van der Waals surface area contributed by atoms with Crippen LogP contribution in [0.4, 0.5) is 0 Å². The molecule has 0 spiro atoms. The first-order valence-electron chi connectivity index (χ1n) is 9.74. The van der Waals surface area contributed by atoms with E-state index in [1.807, 2.05) is 73.0 Å². The molecule has 0 saturated carbocycles. The molecule has 2 aromatic rings. The quantitative estimate of drug-likeness (QED) is 0.811. The molecule has 0 aliphatic carbocycles. The SMILES string of the molecule is CCN(CC)C(=O)C1CN(C(=O)c2ccc(C)cc2)CC1c1ccccc1. The van der Waals surface area contributed by atoms with Gasteiger partial charge in [-0.15, -0.1) is 0 Å². The van der Waals surface area contributed by atoms with E-state index in [1.165, 1.54) is 0 Å². The van der Waals surface area contributed by atoms with Crippen molar-refractivity contribution in [1.29, 1.82) is 0 Å². The molecule has 1 aliphatic heterocycles. The highest BCUT2D eigenvalue weighted by Gasteiger charge is 2.41. The molecule has 27 heavy (non-hydrogen) atoms. The van der Waals surface area contributed by atoms with Crippen molar-refractivity contribution < 1.29 is 9.59 Å². The Morgan fingerprint density at radius 1 is 0.963 bits per heavy atom. The molecule has 4 heteroatoms. The molecule has 0 radical (unpaired) electrons. The lowest BCUT2D eigenvalue weighted by Gasteiger charge is -2.25. The van der Waals surface area contributed by atoms with Crippen LogP contribution in [0.25, 0.3) is 0 Å². The number of likely N-dealkylation sites (tertiary alicyclic amines) is 1. The Morgan fingerprint density at radius 2 is 1.59 bits per heavy atom. The van der Waals surface area contributed by atoms with E-state index in [9.17, 15) is 9.59 Å². The van der Waals surface area contributed by atoms with E-state index in [-0.39, 0.29) is 23.7 Å². The Labute approximate surface area is 161 Å². The van der Waals surface area contributed by atoms with Gasteiger partial charge in [-0.25, -0.2) is 0 Å². The van der Waals surface area contributed by atoms with E-state index in [0.717, 1.165) is 11.1 Å². The number of carbonyl (C=O) groups is 2. The smallest absolute Gasteiger partial charge is 0.253 e. The molecular weight excluding hydrogens is 336 g/mol. The molecule has 1 aliphatic rings. The molecule has 2 unspecified atom stereocenters. The number of benzene rings is 2. The fraction of sp³-hybridized carbons (Fsp3) is 0.391. The Balaban J connectivity index is 1.87. The van der Waals surface area contributed by atoms with Crippen LogP contribution in [0.2, 0.25) is 0 Å². The molecule has 2 aromatic carbocycles. The molecule has 2 atom stereocenters. The summed E-state index contributed by atoms with van der Waals surface area (Å²) in [6.45, 7) is 8.45. The summed E-state index contributed by atoms with van der Waals surface area (Å²) in [6.07, 6.45) is 0. The highest BCUT2D eigenvalue weighted by molar-refractivity contribution is 5.95. The van der Waals surface area contributed by atoms with Crippen molar-refractivity contribution in [2.75, 3.05) is 26.2 Å². The monoisotopic (exact) mass is 364 g/mol. The highest BCUT2D eigenvalue weighted by Crippen LogP contribution is 2.34. The summed E-state index contributed by atoms with van der Waals surface area (Å²) in [5.74, 6) is -0.00534. The molecule has 1 heterocycles. The average Bonchev–Trinajstić information content (AvgIpc) is 3.15. The third-order valence-electron chi connectivity index (χ3n) is 5.53. The molecule has 1 saturated heterocycles. The molecular formula is C23H28N2O2. The van der Waals surface area contributed by atoms with Gasteiger partial charge in [0.05, 0.1) is 5.92 Å². The van der Waals surface area contributed by atoms with Gasteiger partial charge in [-0.3, -0.25) is 9.59 Å². The largest absolute Gasteiger partial charge is 0.343 e. The van der Waals surface area contributed by atoms with Gasteiger partial charge >= 0.3 is 0 Å². The van der Waals surface area contributed by atoms with Crippen LogP contribution in [-0.4, -0.2) is 47.8 Å². The van der Waals surface area contributed by atoms with Crippen LogP contribution in [-0.2, 0) is 4.79 Å². The molecule has 0 aromatic heterocycles. The second kappa shape index (κ2) is 8.38. The molecule has 3 rings (SSSR count). The van der Waals surface area contributed by atoms with Gasteiger partial charge in [-0.1, -0.05) is 48.0 Å². The van der Waals surface area contributed by atoms with E-state index in [0.29, 0.717) is 31.7 Å². The Morgan fingerprint density at radius 3 is 2.19 bits per heavy atom. The Hall–Kier alpha value is -2.62. The van der Waals surface area contributed by atoms with Crippen LogP contribution in [0.15, 0.2) is 54.6 Å². The van der Waals surface area contributed by atoms with E-state index in [2.05, 4.69) is 12.1 Å². The number of rotatable bonds is 5. The molecule has 2 amide bonds. The zero-order valence-electron chi connectivity index (χ0n) is 16.4. The van der Waals surface area contributed by atoms with Crippen molar-refractivity contribution in [3.63, 3.8) is 0 Å². The van der Waals surface area contributed by atoms with Crippen molar-refractivity contribution in [3.8, 4) is 0 Å². The Bertz CT molecular complexity index is 782. The van der Waals surface area contributed by atoms with Gasteiger partial charge in [-0.05, 0) is 38.5 Å². The van der Waals surface area contributed by atoms with Crippen molar-refractivity contribution >= 4 is 11.8 Å². The van der Waals surface area contributed by atoms with E-state index in [4.69, 9.17) is 0 Å². The van der Waals surface area contributed by atoms with Crippen LogP contribution >= 0.6 is 0 Å². The lowest BCUT2D eigenvalue weighted by Crippen LogP contribution is -2.39. The van der Waals surface area contributed by atoms with Gasteiger partial charge in [0.25, 0.3) is 5.91 Å². The van der Waals surface area contributed by atoms with Gasteiger partial charge < -0.3 is 9.80 Å². The van der Waals surface area contributed by atoms with Crippen LogP contribution in [0, 0.1) is 12.8 Å². The first-order chi connectivity index (χ1) is 13.0. The van der Waals surface area contributed by atoms with Crippen LogP contribution < -0.4 is 0 Å². The molecule has 0 bridgehead atoms. The normalized spacial score (nSPS) is 19.1. The number of hydrogen-bond donors (Lipinski definition) is 0. The number of hydrogen-bond acceptors (Lipinski definition) is 2. The van der Waals surface area contributed by atoms with Crippen LogP contribution in [0.3, 0.4) is 0 Å². The predicted octanol–water partition coefficient (Wildman–Crippen LogP) is 3.72.